The van der Waals surface area contributed by atoms with Crippen LogP contribution in [0.25, 0.3) is 0 Å². The number of carbonyl (C=O) groups is 1. The Morgan fingerprint density at radius 2 is 2.31 bits per heavy atom. The average Bonchev–Trinajstić information content (AvgIpc) is 2.04. The first-order chi connectivity index (χ1) is 6.09. The van der Waals surface area contributed by atoms with Crippen LogP contribution in [-0.2, 0) is 4.74 Å². The van der Waals surface area contributed by atoms with Gasteiger partial charge in [-0.3, -0.25) is 4.79 Å². The molecule has 1 heterocycles. The number of aromatic nitrogens is 2. The van der Waals surface area contributed by atoms with Gasteiger partial charge in [0.2, 0.25) is 0 Å². The van der Waals surface area contributed by atoms with Gasteiger partial charge in [0.05, 0.1) is 12.3 Å². The second kappa shape index (κ2) is 3.84. The predicted molar refractivity (Wildman–Crippen MR) is 45.4 cm³/mol. The van der Waals surface area contributed by atoms with Crippen molar-refractivity contribution in [1.29, 1.82) is 0 Å². The minimum Gasteiger partial charge on any atom is -0.458 e. The van der Waals surface area contributed by atoms with Crippen molar-refractivity contribution in [2.24, 2.45) is 0 Å². The third-order valence-electron chi connectivity index (χ3n) is 1.22. The van der Waals surface area contributed by atoms with Crippen LogP contribution in [0.3, 0.4) is 0 Å². The Balaban J connectivity index is 2.78. The van der Waals surface area contributed by atoms with Crippen molar-refractivity contribution in [2.75, 3.05) is 0 Å². The summed E-state index contributed by atoms with van der Waals surface area (Å²) in [6.07, 6.45) is 2.07. The summed E-state index contributed by atoms with van der Waals surface area (Å²) in [5.41, 5.74) is -0.241. The maximum Gasteiger partial charge on any atom is 0.358 e. The van der Waals surface area contributed by atoms with E-state index < -0.39 is 5.97 Å². The molecule has 13 heavy (non-hydrogen) atoms. The molecular weight excluding hydrogens is 172 g/mol. The molecule has 0 aliphatic heterocycles. The standard InChI is InChI=1S/C8H10N2O3/c1-5(2)13-8(12)6-3-10-7(11)4-9-6/h3-5H,1-2H3,(H,10,11). The summed E-state index contributed by atoms with van der Waals surface area (Å²) in [4.78, 5) is 27.7. The molecule has 0 spiro atoms. The molecule has 0 radical (unpaired) electrons. The number of hydrogen-bond acceptors (Lipinski definition) is 4. The van der Waals surface area contributed by atoms with E-state index in [9.17, 15) is 9.59 Å². The van der Waals surface area contributed by atoms with E-state index in [1.165, 1.54) is 6.20 Å². The molecule has 1 aromatic heterocycles. The number of nitrogens with zero attached hydrogens (tertiary/aromatic N) is 1. The van der Waals surface area contributed by atoms with E-state index in [0.29, 0.717) is 0 Å². The lowest BCUT2D eigenvalue weighted by Gasteiger charge is -2.05. The van der Waals surface area contributed by atoms with Gasteiger partial charge in [0, 0.05) is 6.20 Å². The van der Waals surface area contributed by atoms with Gasteiger partial charge in [-0.15, -0.1) is 0 Å². The minimum absolute atomic E-state index is 0.105. The summed E-state index contributed by atoms with van der Waals surface area (Å²) in [6.45, 7) is 3.48. The van der Waals surface area contributed by atoms with Gasteiger partial charge in [-0.05, 0) is 13.8 Å². The Morgan fingerprint density at radius 3 is 2.77 bits per heavy atom. The van der Waals surface area contributed by atoms with Crippen molar-refractivity contribution >= 4 is 5.97 Å². The van der Waals surface area contributed by atoms with Crippen molar-refractivity contribution in [3.63, 3.8) is 0 Å². The Labute approximate surface area is 74.8 Å². The van der Waals surface area contributed by atoms with Crippen molar-refractivity contribution in [3.8, 4) is 0 Å². The summed E-state index contributed by atoms with van der Waals surface area (Å²) in [7, 11) is 0. The maximum absolute atomic E-state index is 11.2. The first-order valence-corrected chi connectivity index (χ1v) is 3.85. The van der Waals surface area contributed by atoms with Crippen molar-refractivity contribution < 1.29 is 9.53 Å². The normalized spacial score (nSPS) is 10.1. The molecule has 0 saturated heterocycles. The van der Waals surface area contributed by atoms with E-state index in [1.807, 2.05) is 0 Å². The zero-order valence-corrected chi connectivity index (χ0v) is 7.40. The van der Waals surface area contributed by atoms with E-state index in [1.54, 1.807) is 13.8 Å². The molecule has 0 fully saturated rings. The van der Waals surface area contributed by atoms with Gasteiger partial charge >= 0.3 is 5.97 Å². The molecule has 0 amide bonds. The topological polar surface area (TPSA) is 72.1 Å². The van der Waals surface area contributed by atoms with Crippen LogP contribution in [0.15, 0.2) is 17.2 Å². The van der Waals surface area contributed by atoms with E-state index in [2.05, 4.69) is 9.97 Å². The van der Waals surface area contributed by atoms with Crippen molar-refractivity contribution in [1.82, 2.24) is 9.97 Å². The monoisotopic (exact) mass is 182 g/mol. The summed E-state index contributed by atoms with van der Waals surface area (Å²) < 4.78 is 4.85. The Morgan fingerprint density at radius 1 is 1.62 bits per heavy atom. The van der Waals surface area contributed by atoms with Gasteiger partial charge in [-0.25, -0.2) is 9.78 Å². The van der Waals surface area contributed by atoms with Crippen LogP contribution in [-0.4, -0.2) is 22.0 Å². The molecule has 0 saturated carbocycles. The summed E-state index contributed by atoms with van der Waals surface area (Å²) in [6, 6.07) is 0. The number of H-pyrrole nitrogens is 1. The molecule has 70 valence electrons. The number of carbonyl (C=O) groups excluding carboxylic acids is 1. The Bertz CT molecular complexity index is 336. The minimum atomic E-state index is -0.536. The van der Waals surface area contributed by atoms with Gasteiger partial charge in [0.15, 0.2) is 5.69 Å². The summed E-state index contributed by atoms with van der Waals surface area (Å²) in [5, 5.41) is 0. The molecule has 5 nitrogen and oxygen atoms in total. The lowest BCUT2D eigenvalue weighted by atomic mass is 10.4. The number of esters is 1. The van der Waals surface area contributed by atoms with Gasteiger partial charge in [0.1, 0.15) is 0 Å². The quantitative estimate of drug-likeness (QED) is 0.669. The third kappa shape index (κ3) is 2.70. The summed E-state index contributed by atoms with van der Waals surface area (Å²) in [5.74, 6) is -0.536. The molecule has 0 unspecified atom stereocenters. The molecule has 1 rings (SSSR count). The number of ether oxygens (including phenoxy) is 1. The number of hydrogen-bond donors (Lipinski definition) is 1. The Kier molecular flexibility index (Phi) is 2.79. The highest BCUT2D eigenvalue weighted by atomic mass is 16.5. The molecule has 1 N–H and O–H groups in total. The first-order valence-electron chi connectivity index (χ1n) is 3.85. The van der Waals surface area contributed by atoms with Gasteiger partial charge in [-0.2, -0.15) is 0 Å². The van der Waals surface area contributed by atoms with Crippen LogP contribution in [0.5, 0.6) is 0 Å². The van der Waals surface area contributed by atoms with Crippen LogP contribution in [0.4, 0.5) is 0 Å². The molecule has 0 aliphatic rings. The second-order valence-electron chi connectivity index (χ2n) is 2.75. The number of nitrogens with one attached hydrogen (secondary N) is 1. The lowest BCUT2D eigenvalue weighted by molar-refractivity contribution is 0.0370. The molecular formula is C8H10N2O3. The highest BCUT2D eigenvalue weighted by molar-refractivity contribution is 5.86. The fraction of sp³-hybridized carbons (Fsp3) is 0.375. The summed E-state index contributed by atoms with van der Waals surface area (Å²) >= 11 is 0. The first kappa shape index (κ1) is 9.44. The van der Waals surface area contributed by atoms with Crippen LogP contribution in [0.2, 0.25) is 0 Å². The van der Waals surface area contributed by atoms with E-state index in [-0.39, 0.29) is 17.4 Å². The second-order valence-corrected chi connectivity index (χ2v) is 2.75. The van der Waals surface area contributed by atoms with Crippen LogP contribution in [0, 0.1) is 0 Å². The maximum atomic E-state index is 11.2. The zero-order valence-electron chi connectivity index (χ0n) is 7.40. The van der Waals surface area contributed by atoms with Gasteiger partial charge < -0.3 is 9.72 Å². The average molecular weight is 182 g/mol. The molecule has 0 aliphatic carbocycles. The highest BCUT2D eigenvalue weighted by Gasteiger charge is 2.09. The van der Waals surface area contributed by atoms with Gasteiger partial charge in [0.25, 0.3) is 5.56 Å². The highest BCUT2D eigenvalue weighted by Crippen LogP contribution is 1.96. The third-order valence-corrected chi connectivity index (χ3v) is 1.22. The fourth-order valence-corrected chi connectivity index (χ4v) is 0.728. The van der Waals surface area contributed by atoms with Crippen molar-refractivity contribution in [3.05, 3.63) is 28.4 Å². The van der Waals surface area contributed by atoms with E-state index in [0.717, 1.165) is 6.20 Å². The van der Waals surface area contributed by atoms with Crippen LogP contribution in [0.1, 0.15) is 24.3 Å². The molecule has 1 aromatic rings. The number of aromatic amines is 1. The van der Waals surface area contributed by atoms with E-state index in [4.69, 9.17) is 4.74 Å². The predicted octanol–water partition coefficient (Wildman–Crippen LogP) is 0.335. The zero-order chi connectivity index (χ0) is 9.84. The van der Waals surface area contributed by atoms with Crippen molar-refractivity contribution in [2.45, 2.75) is 20.0 Å². The fourth-order valence-electron chi connectivity index (χ4n) is 0.728. The molecule has 0 aromatic carbocycles. The lowest BCUT2D eigenvalue weighted by Crippen LogP contribution is -2.15. The van der Waals surface area contributed by atoms with Crippen LogP contribution < -0.4 is 5.56 Å². The van der Waals surface area contributed by atoms with Crippen LogP contribution >= 0.6 is 0 Å². The molecule has 0 atom stereocenters. The smallest absolute Gasteiger partial charge is 0.358 e. The van der Waals surface area contributed by atoms with Gasteiger partial charge in [-0.1, -0.05) is 0 Å². The Hall–Kier alpha value is -1.65. The SMILES string of the molecule is CC(C)OC(=O)c1c[nH]c(=O)cn1. The number of rotatable bonds is 2. The van der Waals surface area contributed by atoms with E-state index >= 15 is 0 Å². The molecule has 5 heteroatoms. The largest absolute Gasteiger partial charge is 0.458 e. The molecule has 0 bridgehead atoms.